The molecule has 18 heavy (non-hydrogen) atoms. The van der Waals surface area contributed by atoms with Crippen LogP contribution in [0, 0.1) is 0 Å². The van der Waals surface area contributed by atoms with Crippen LogP contribution in [0.1, 0.15) is 17.2 Å². The Labute approximate surface area is 106 Å². The molecule has 1 unspecified atom stereocenters. The maximum absolute atomic E-state index is 10.3. The van der Waals surface area contributed by atoms with E-state index in [1.807, 2.05) is 42.5 Å². The second-order valence-corrected chi connectivity index (χ2v) is 4.30. The van der Waals surface area contributed by atoms with E-state index in [9.17, 15) is 5.11 Å². The third-order valence-corrected chi connectivity index (χ3v) is 3.09. The Kier molecular flexibility index (Phi) is 2.79. The smallest absolute Gasteiger partial charge is 0.106 e. The Bertz CT molecular complexity index is 664. The molecule has 0 aliphatic heterocycles. The van der Waals surface area contributed by atoms with Crippen molar-refractivity contribution < 1.29 is 5.11 Å². The van der Waals surface area contributed by atoms with Gasteiger partial charge < -0.3 is 5.11 Å². The molecule has 1 heterocycles. The van der Waals surface area contributed by atoms with Gasteiger partial charge in [-0.25, -0.2) is 0 Å². The molecule has 0 spiro atoms. The maximum atomic E-state index is 10.3. The van der Waals surface area contributed by atoms with Gasteiger partial charge in [0.25, 0.3) is 0 Å². The topological polar surface area (TPSA) is 33.1 Å². The number of benzene rings is 2. The molecule has 2 aromatic carbocycles. The van der Waals surface area contributed by atoms with Gasteiger partial charge in [0.2, 0.25) is 0 Å². The van der Waals surface area contributed by atoms with Gasteiger partial charge in [-0.2, -0.15) is 0 Å². The summed E-state index contributed by atoms with van der Waals surface area (Å²) >= 11 is 0. The summed E-state index contributed by atoms with van der Waals surface area (Å²) in [6.45, 7) is 0. The van der Waals surface area contributed by atoms with Crippen LogP contribution in [0.4, 0.5) is 0 Å². The predicted molar refractivity (Wildman–Crippen MR) is 72.2 cm³/mol. The van der Waals surface area contributed by atoms with Gasteiger partial charge in [-0.3, -0.25) is 4.98 Å². The molecule has 0 aliphatic rings. The third kappa shape index (κ3) is 1.98. The van der Waals surface area contributed by atoms with E-state index in [1.165, 1.54) is 5.39 Å². The van der Waals surface area contributed by atoms with Gasteiger partial charge in [-0.1, -0.05) is 42.5 Å². The van der Waals surface area contributed by atoms with Crippen LogP contribution in [0.25, 0.3) is 10.8 Å². The summed E-state index contributed by atoms with van der Waals surface area (Å²) in [5, 5.41) is 12.6. The van der Waals surface area contributed by atoms with Crippen molar-refractivity contribution in [3.63, 3.8) is 0 Å². The molecule has 1 N–H and O–H groups in total. The predicted octanol–water partition coefficient (Wildman–Crippen LogP) is 3.32. The molecule has 0 radical (unpaired) electrons. The van der Waals surface area contributed by atoms with E-state index in [1.54, 1.807) is 12.4 Å². The number of aromatic nitrogens is 1. The van der Waals surface area contributed by atoms with Crippen molar-refractivity contribution in [3.8, 4) is 0 Å². The van der Waals surface area contributed by atoms with Crippen molar-refractivity contribution in [3.05, 3.63) is 78.1 Å². The Balaban J connectivity index is 2.04. The van der Waals surface area contributed by atoms with Crippen LogP contribution in [0.3, 0.4) is 0 Å². The highest BCUT2D eigenvalue weighted by molar-refractivity contribution is 5.83. The molecule has 2 nitrogen and oxygen atoms in total. The fourth-order valence-corrected chi connectivity index (χ4v) is 2.11. The molecular weight excluding hydrogens is 222 g/mol. The largest absolute Gasteiger partial charge is 0.384 e. The standard InChI is InChI=1S/C16H13NO/c18-16(15-6-3-9-17-11-15)14-8-7-12-4-1-2-5-13(12)10-14/h1-11,16,18H. The molecule has 0 saturated heterocycles. The van der Waals surface area contributed by atoms with Crippen molar-refractivity contribution in [2.45, 2.75) is 6.10 Å². The lowest BCUT2D eigenvalue weighted by atomic mass is 10.00. The summed E-state index contributed by atoms with van der Waals surface area (Å²) in [5.74, 6) is 0. The average molecular weight is 235 g/mol. The van der Waals surface area contributed by atoms with Crippen molar-refractivity contribution in [1.29, 1.82) is 0 Å². The van der Waals surface area contributed by atoms with Crippen LogP contribution in [-0.2, 0) is 0 Å². The average Bonchev–Trinajstić information content (AvgIpc) is 2.47. The number of fused-ring (bicyclic) bond motifs is 1. The molecular formula is C16H13NO. The van der Waals surface area contributed by atoms with E-state index >= 15 is 0 Å². The van der Waals surface area contributed by atoms with E-state index in [0.717, 1.165) is 16.5 Å². The molecule has 0 saturated carbocycles. The van der Waals surface area contributed by atoms with Crippen LogP contribution >= 0.6 is 0 Å². The van der Waals surface area contributed by atoms with Gasteiger partial charge in [-0.15, -0.1) is 0 Å². The molecule has 1 aromatic heterocycles. The number of aliphatic hydroxyl groups excluding tert-OH is 1. The molecule has 3 rings (SSSR count). The summed E-state index contributed by atoms with van der Waals surface area (Å²) in [5.41, 5.74) is 1.70. The normalized spacial score (nSPS) is 12.5. The molecule has 2 heteroatoms. The number of aliphatic hydroxyl groups is 1. The molecule has 1 atom stereocenters. The van der Waals surface area contributed by atoms with Gasteiger partial charge in [0, 0.05) is 18.0 Å². The zero-order valence-electron chi connectivity index (χ0n) is 9.82. The van der Waals surface area contributed by atoms with Crippen molar-refractivity contribution in [2.24, 2.45) is 0 Å². The van der Waals surface area contributed by atoms with Crippen LogP contribution in [0.2, 0.25) is 0 Å². The van der Waals surface area contributed by atoms with Gasteiger partial charge in [0.05, 0.1) is 0 Å². The summed E-state index contributed by atoms with van der Waals surface area (Å²) in [6.07, 6.45) is 2.78. The van der Waals surface area contributed by atoms with Crippen LogP contribution < -0.4 is 0 Å². The lowest BCUT2D eigenvalue weighted by Gasteiger charge is -2.11. The Morgan fingerprint density at radius 2 is 1.67 bits per heavy atom. The SMILES string of the molecule is OC(c1cccnc1)c1ccc2ccccc2c1. The highest BCUT2D eigenvalue weighted by Crippen LogP contribution is 2.24. The molecule has 0 bridgehead atoms. The lowest BCUT2D eigenvalue weighted by Crippen LogP contribution is -1.99. The fourth-order valence-electron chi connectivity index (χ4n) is 2.11. The first-order valence-electron chi connectivity index (χ1n) is 5.91. The molecule has 3 aromatic rings. The van der Waals surface area contributed by atoms with Gasteiger partial charge in [0.15, 0.2) is 0 Å². The minimum absolute atomic E-state index is 0.622. The van der Waals surface area contributed by atoms with E-state index in [4.69, 9.17) is 0 Å². The Hall–Kier alpha value is -2.19. The van der Waals surface area contributed by atoms with E-state index < -0.39 is 6.10 Å². The van der Waals surface area contributed by atoms with Gasteiger partial charge >= 0.3 is 0 Å². The first-order valence-corrected chi connectivity index (χ1v) is 5.91. The van der Waals surface area contributed by atoms with E-state index in [0.29, 0.717) is 0 Å². The van der Waals surface area contributed by atoms with Crippen LogP contribution in [0.15, 0.2) is 67.0 Å². The minimum atomic E-state index is -0.622. The monoisotopic (exact) mass is 235 g/mol. The highest BCUT2D eigenvalue weighted by Gasteiger charge is 2.10. The summed E-state index contributed by atoms with van der Waals surface area (Å²) < 4.78 is 0. The Morgan fingerprint density at radius 3 is 2.44 bits per heavy atom. The minimum Gasteiger partial charge on any atom is -0.384 e. The van der Waals surface area contributed by atoms with Crippen LogP contribution in [0.5, 0.6) is 0 Å². The Morgan fingerprint density at radius 1 is 0.833 bits per heavy atom. The highest BCUT2D eigenvalue weighted by atomic mass is 16.3. The molecule has 0 fully saturated rings. The zero-order chi connectivity index (χ0) is 12.4. The van der Waals surface area contributed by atoms with Crippen LogP contribution in [-0.4, -0.2) is 10.1 Å². The second-order valence-electron chi connectivity index (χ2n) is 4.30. The maximum Gasteiger partial charge on any atom is 0.106 e. The van der Waals surface area contributed by atoms with Gasteiger partial charge in [0.1, 0.15) is 6.10 Å². The molecule has 0 aliphatic carbocycles. The lowest BCUT2D eigenvalue weighted by molar-refractivity contribution is 0.220. The second kappa shape index (κ2) is 4.59. The fraction of sp³-hybridized carbons (Fsp3) is 0.0625. The molecule has 0 amide bonds. The van der Waals surface area contributed by atoms with Crippen molar-refractivity contribution in [2.75, 3.05) is 0 Å². The first kappa shape index (κ1) is 10.9. The van der Waals surface area contributed by atoms with Crippen molar-refractivity contribution in [1.82, 2.24) is 4.98 Å². The summed E-state index contributed by atoms with van der Waals surface area (Å²) in [7, 11) is 0. The van der Waals surface area contributed by atoms with E-state index in [-0.39, 0.29) is 0 Å². The number of hydrogen-bond acceptors (Lipinski definition) is 2. The number of rotatable bonds is 2. The van der Waals surface area contributed by atoms with Crippen molar-refractivity contribution >= 4 is 10.8 Å². The van der Waals surface area contributed by atoms with Gasteiger partial charge in [-0.05, 0) is 28.5 Å². The van der Waals surface area contributed by atoms with E-state index in [2.05, 4.69) is 17.1 Å². The third-order valence-electron chi connectivity index (χ3n) is 3.09. The summed E-state index contributed by atoms with van der Waals surface area (Å²) in [4.78, 5) is 4.03. The zero-order valence-corrected chi connectivity index (χ0v) is 9.82. The summed E-state index contributed by atoms with van der Waals surface area (Å²) in [6, 6.07) is 17.9. The molecule has 88 valence electrons. The number of nitrogens with zero attached hydrogens (tertiary/aromatic N) is 1. The number of pyridine rings is 1. The first-order chi connectivity index (χ1) is 8.84. The quantitative estimate of drug-likeness (QED) is 0.739. The number of hydrogen-bond donors (Lipinski definition) is 1.